The molecular weight excluding hydrogens is 164 g/mol. The van der Waals surface area contributed by atoms with Crippen molar-refractivity contribution in [1.82, 2.24) is 19.7 Å². The predicted octanol–water partition coefficient (Wildman–Crippen LogP) is 1.32. The summed E-state index contributed by atoms with van der Waals surface area (Å²) in [5.41, 5.74) is 1.70. The van der Waals surface area contributed by atoms with E-state index in [2.05, 4.69) is 21.6 Å². The molecule has 0 radical (unpaired) electrons. The molecule has 0 saturated carbocycles. The second-order valence-electron chi connectivity index (χ2n) is 2.84. The Morgan fingerprint density at radius 2 is 2.38 bits per heavy atom. The molecule has 66 valence electrons. The van der Waals surface area contributed by atoms with Crippen LogP contribution in [0.15, 0.2) is 25.2 Å². The first-order chi connectivity index (χ1) is 6.31. The van der Waals surface area contributed by atoms with Crippen molar-refractivity contribution in [3.05, 3.63) is 30.9 Å². The summed E-state index contributed by atoms with van der Waals surface area (Å²) >= 11 is 0. The van der Waals surface area contributed by atoms with Crippen LogP contribution >= 0.6 is 0 Å². The van der Waals surface area contributed by atoms with Crippen LogP contribution in [0.3, 0.4) is 0 Å². The molecule has 0 amide bonds. The van der Waals surface area contributed by atoms with Gasteiger partial charge >= 0.3 is 0 Å². The molecule has 0 N–H and O–H groups in total. The van der Waals surface area contributed by atoms with Crippen LogP contribution in [0.2, 0.25) is 0 Å². The Balaban J connectivity index is 2.61. The average Bonchev–Trinajstić information content (AvgIpc) is 2.49. The van der Waals surface area contributed by atoms with Gasteiger partial charge < -0.3 is 0 Å². The number of nitrogens with zero attached hydrogens (tertiary/aromatic N) is 4. The van der Waals surface area contributed by atoms with Gasteiger partial charge in [0.05, 0.1) is 17.6 Å². The van der Waals surface area contributed by atoms with E-state index in [1.807, 2.05) is 13.1 Å². The molecule has 2 rings (SSSR count). The van der Waals surface area contributed by atoms with Gasteiger partial charge in [-0.3, -0.25) is 4.68 Å². The third kappa shape index (κ3) is 1.30. The smallest absolute Gasteiger partial charge is 0.184 e. The molecule has 2 aromatic rings. The Morgan fingerprint density at radius 1 is 1.54 bits per heavy atom. The normalized spacial score (nSPS) is 10.5. The van der Waals surface area contributed by atoms with Crippen LogP contribution in [0.1, 0.15) is 5.69 Å². The van der Waals surface area contributed by atoms with Crippen molar-refractivity contribution in [2.45, 2.75) is 13.5 Å². The number of rotatable bonds is 2. The lowest BCUT2D eigenvalue weighted by atomic mass is 10.3. The average molecular weight is 174 g/mol. The maximum Gasteiger partial charge on any atom is 0.184 e. The van der Waals surface area contributed by atoms with Gasteiger partial charge in [-0.25, -0.2) is 9.97 Å². The highest BCUT2D eigenvalue weighted by molar-refractivity contribution is 5.75. The number of aromatic nitrogens is 4. The van der Waals surface area contributed by atoms with Crippen molar-refractivity contribution < 1.29 is 0 Å². The summed E-state index contributed by atoms with van der Waals surface area (Å²) in [6.45, 7) is 6.30. The first-order valence-electron chi connectivity index (χ1n) is 4.07. The largest absolute Gasteiger partial charge is 0.266 e. The molecule has 0 fully saturated rings. The summed E-state index contributed by atoms with van der Waals surface area (Å²) in [5.74, 6) is 0. The first-order valence-corrected chi connectivity index (χ1v) is 4.07. The Bertz CT molecular complexity index is 444. The van der Waals surface area contributed by atoms with Crippen molar-refractivity contribution >= 4 is 11.0 Å². The van der Waals surface area contributed by atoms with Crippen LogP contribution in [-0.4, -0.2) is 19.7 Å². The molecule has 0 saturated heterocycles. The van der Waals surface area contributed by atoms with E-state index in [1.165, 1.54) is 6.33 Å². The van der Waals surface area contributed by atoms with Gasteiger partial charge in [-0.2, -0.15) is 5.10 Å². The summed E-state index contributed by atoms with van der Waals surface area (Å²) in [6.07, 6.45) is 5.27. The monoisotopic (exact) mass is 174 g/mol. The minimum atomic E-state index is 0.704. The molecule has 2 heterocycles. The van der Waals surface area contributed by atoms with Crippen LogP contribution in [0.5, 0.6) is 0 Å². The molecule has 2 aromatic heterocycles. The van der Waals surface area contributed by atoms with Crippen molar-refractivity contribution in [3.63, 3.8) is 0 Å². The second-order valence-corrected chi connectivity index (χ2v) is 2.84. The Labute approximate surface area is 75.9 Å². The minimum Gasteiger partial charge on any atom is -0.266 e. The predicted molar refractivity (Wildman–Crippen MR) is 50.3 cm³/mol. The van der Waals surface area contributed by atoms with E-state index < -0.39 is 0 Å². The minimum absolute atomic E-state index is 0.704. The second kappa shape index (κ2) is 2.97. The standard InChI is InChI=1S/C9H10N4/c1-3-4-13-5-8-7(2)10-6-11-9(8)12-13/h3,5-6H,1,4H2,2H3. The zero-order valence-corrected chi connectivity index (χ0v) is 7.44. The highest BCUT2D eigenvalue weighted by atomic mass is 15.3. The molecule has 0 unspecified atom stereocenters. The maximum atomic E-state index is 4.26. The van der Waals surface area contributed by atoms with Gasteiger partial charge in [-0.1, -0.05) is 6.08 Å². The van der Waals surface area contributed by atoms with Gasteiger partial charge in [-0.05, 0) is 6.92 Å². The van der Waals surface area contributed by atoms with Crippen molar-refractivity contribution in [2.75, 3.05) is 0 Å². The summed E-state index contributed by atoms with van der Waals surface area (Å²) in [7, 11) is 0. The zero-order valence-electron chi connectivity index (χ0n) is 7.44. The molecular formula is C9H10N4. The summed E-state index contributed by atoms with van der Waals surface area (Å²) < 4.78 is 1.80. The van der Waals surface area contributed by atoms with Gasteiger partial charge in [0.1, 0.15) is 6.33 Å². The quantitative estimate of drug-likeness (QED) is 0.645. The fourth-order valence-electron chi connectivity index (χ4n) is 1.23. The van der Waals surface area contributed by atoms with E-state index in [9.17, 15) is 0 Å². The van der Waals surface area contributed by atoms with Crippen LogP contribution < -0.4 is 0 Å². The zero-order chi connectivity index (χ0) is 9.26. The van der Waals surface area contributed by atoms with E-state index in [0.717, 1.165) is 16.7 Å². The van der Waals surface area contributed by atoms with E-state index in [0.29, 0.717) is 6.54 Å². The van der Waals surface area contributed by atoms with E-state index >= 15 is 0 Å². The van der Waals surface area contributed by atoms with Gasteiger partial charge in [-0.15, -0.1) is 6.58 Å². The van der Waals surface area contributed by atoms with Crippen LogP contribution in [0.4, 0.5) is 0 Å². The molecule has 13 heavy (non-hydrogen) atoms. The fraction of sp³-hybridized carbons (Fsp3) is 0.222. The lowest BCUT2D eigenvalue weighted by molar-refractivity contribution is 0.709. The SMILES string of the molecule is C=CCn1cc2c(C)ncnc2n1. The molecule has 0 aliphatic carbocycles. The molecule has 0 aromatic carbocycles. The van der Waals surface area contributed by atoms with Crippen molar-refractivity contribution in [2.24, 2.45) is 0 Å². The third-order valence-electron chi connectivity index (χ3n) is 1.88. The number of allylic oxidation sites excluding steroid dienone is 1. The van der Waals surface area contributed by atoms with Gasteiger partial charge in [0.15, 0.2) is 5.65 Å². The fourth-order valence-corrected chi connectivity index (χ4v) is 1.23. The molecule has 0 spiro atoms. The maximum absolute atomic E-state index is 4.26. The van der Waals surface area contributed by atoms with Crippen molar-refractivity contribution in [3.8, 4) is 0 Å². The molecule has 0 aliphatic heterocycles. The highest BCUT2D eigenvalue weighted by Gasteiger charge is 2.03. The molecule has 0 atom stereocenters. The molecule has 0 bridgehead atoms. The Hall–Kier alpha value is -1.71. The van der Waals surface area contributed by atoms with Crippen LogP contribution in [0, 0.1) is 6.92 Å². The lowest BCUT2D eigenvalue weighted by Crippen LogP contribution is -1.94. The number of hydrogen-bond donors (Lipinski definition) is 0. The van der Waals surface area contributed by atoms with Crippen LogP contribution in [-0.2, 0) is 6.54 Å². The summed E-state index contributed by atoms with van der Waals surface area (Å²) in [4.78, 5) is 8.16. The topological polar surface area (TPSA) is 43.6 Å². The molecule has 0 aliphatic rings. The van der Waals surface area contributed by atoms with Crippen LogP contribution in [0.25, 0.3) is 11.0 Å². The highest BCUT2D eigenvalue weighted by Crippen LogP contribution is 2.11. The Kier molecular flexibility index (Phi) is 1.81. The first kappa shape index (κ1) is 7.91. The molecule has 4 heteroatoms. The van der Waals surface area contributed by atoms with Crippen molar-refractivity contribution in [1.29, 1.82) is 0 Å². The third-order valence-corrected chi connectivity index (χ3v) is 1.88. The number of hydrogen-bond acceptors (Lipinski definition) is 3. The summed E-state index contributed by atoms with van der Waals surface area (Å²) in [5, 5.41) is 5.26. The summed E-state index contributed by atoms with van der Waals surface area (Å²) in [6, 6.07) is 0. The van der Waals surface area contributed by atoms with Gasteiger partial charge in [0.2, 0.25) is 0 Å². The Morgan fingerprint density at radius 3 is 3.08 bits per heavy atom. The van der Waals surface area contributed by atoms with E-state index in [-0.39, 0.29) is 0 Å². The molecule has 4 nitrogen and oxygen atoms in total. The number of aryl methyl sites for hydroxylation is 1. The van der Waals surface area contributed by atoms with Gasteiger partial charge in [0.25, 0.3) is 0 Å². The van der Waals surface area contributed by atoms with E-state index in [4.69, 9.17) is 0 Å². The number of fused-ring (bicyclic) bond motifs is 1. The van der Waals surface area contributed by atoms with Gasteiger partial charge in [0, 0.05) is 6.20 Å². The van der Waals surface area contributed by atoms with E-state index in [1.54, 1.807) is 10.8 Å². The lowest BCUT2D eigenvalue weighted by Gasteiger charge is -1.90.